The number of phenols is 2. The van der Waals surface area contributed by atoms with Crippen molar-refractivity contribution in [2.24, 2.45) is 0 Å². The summed E-state index contributed by atoms with van der Waals surface area (Å²) in [6, 6.07) is 17.1. The molecule has 0 aromatic heterocycles. The largest absolute Gasteiger partial charge is 0.504 e. The molecular formula is C24H19NO6. The van der Waals surface area contributed by atoms with Crippen LogP contribution in [-0.4, -0.2) is 35.8 Å². The molecule has 0 bridgehead atoms. The van der Waals surface area contributed by atoms with Crippen LogP contribution in [0.1, 0.15) is 27.0 Å². The van der Waals surface area contributed by atoms with Crippen LogP contribution >= 0.6 is 0 Å². The van der Waals surface area contributed by atoms with E-state index in [0.717, 1.165) is 5.56 Å². The van der Waals surface area contributed by atoms with Gasteiger partial charge in [-0.05, 0) is 29.3 Å². The summed E-state index contributed by atoms with van der Waals surface area (Å²) in [5.41, 5.74) is 1.86. The summed E-state index contributed by atoms with van der Waals surface area (Å²) >= 11 is 0. The fourth-order valence-corrected chi connectivity index (χ4v) is 4.49. The molecular weight excluding hydrogens is 398 g/mol. The van der Waals surface area contributed by atoms with Crippen molar-refractivity contribution in [2.75, 3.05) is 18.6 Å². The number of esters is 1. The molecule has 1 amide bonds. The molecule has 7 heteroatoms. The maximum Gasteiger partial charge on any atom is 0.338 e. The Morgan fingerprint density at radius 1 is 1.06 bits per heavy atom. The average molecular weight is 417 g/mol. The second kappa shape index (κ2) is 6.77. The van der Waals surface area contributed by atoms with Crippen molar-refractivity contribution >= 4 is 17.6 Å². The van der Waals surface area contributed by atoms with Gasteiger partial charge in [-0.1, -0.05) is 36.4 Å². The van der Waals surface area contributed by atoms with Gasteiger partial charge in [0.05, 0.1) is 19.2 Å². The standard InChI is InChI=1S/C24H19NO6/c1-30-22(28)15-7-3-2-6-14(15)12-25-18-9-5-4-8-16(18)24(23(25)29)13-31-21-11-20(27)19(26)10-17(21)24/h2-11,26-27H,12-13H2,1H3. The van der Waals surface area contributed by atoms with E-state index in [9.17, 15) is 19.8 Å². The number of fused-ring (bicyclic) bond motifs is 4. The zero-order valence-corrected chi connectivity index (χ0v) is 16.7. The van der Waals surface area contributed by atoms with E-state index in [4.69, 9.17) is 9.47 Å². The van der Waals surface area contributed by atoms with E-state index in [1.165, 1.54) is 19.2 Å². The minimum atomic E-state index is -1.14. The van der Waals surface area contributed by atoms with Gasteiger partial charge < -0.3 is 24.6 Å². The van der Waals surface area contributed by atoms with Gasteiger partial charge in [0.25, 0.3) is 0 Å². The Labute approximate surface area is 178 Å². The van der Waals surface area contributed by atoms with Crippen molar-refractivity contribution in [3.63, 3.8) is 0 Å². The first-order valence-corrected chi connectivity index (χ1v) is 9.74. The van der Waals surface area contributed by atoms with Crippen LogP contribution in [0.4, 0.5) is 5.69 Å². The molecule has 5 rings (SSSR count). The third-order valence-corrected chi connectivity index (χ3v) is 6.00. The number of phenolic OH excluding ortho intramolecular Hbond substituents is 2. The number of benzene rings is 3. The van der Waals surface area contributed by atoms with Crippen molar-refractivity contribution in [3.8, 4) is 17.2 Å². The molecule has 2 aliphatic heterocycles. The van der Waals surface area contributed by atoms with Gasteiger partial charge in [-0.15, -0.1) is 0 Å². The van der Waals surface area contributed by atoms with Crippen LogP contribution in [0.2, 0.25) is 0 Å². The lowest BCUT2D eigenvalue weighted by Gasteiger charge is -2.23. The Morgan fingerprint density at radius 3 is 2.58 bits per heavy atom. The fraction of sp³-hybridized carbons (Fsp3) is 0.167. The third-order valence-electron chi connectivity index (χ3n) is 6.00. The maximum absolute atomic E-state index is 13.9. The summed E-state index contributed by atoms with van der Waals surface area (Å²) < 4.78 is 10.7. The second-order valence-corrected chi connectivity index (χ2v) is 7.59. The summed E-state index contributed by atoms with van der Waals surface area (Å²) in [6.07, 6.45) is 0. The number of hydrogen-bond acceptors (Lipinski definition) is 6. The summed E-state index contributed by atoms with van der Waals surface area (Å²) in [6.45, 7) is 0.221. The number of rotatable bonds is 3. The van der Waals surface area contributed by atoms with Crippen LogP contribution in [0.15, 0.2) is 60.7 Å². The molecule has 0 saturated heterocycles. The van der Waals surface area contributed by atoms with Gasteiger partial charge in [0.1, 0.15) is 17.8 Å². The first-order chi connectivity index (χ1) is 15.0. The lowest BCUT2D eigenvalue weighted by atomic mass is 9.77. The van der Waals surface area contributed by atoms with E-state index < -0.39 is 11.4 Å². The van der Waals surface area contributed by atoms with Crippen LogP contribution in [0.25, 0.3) is 0 Å². The molecule has 0 aliphatic carbocycles. The number of para-hydroxylation sites is 1. The van der Waals surface area contributed by atoms with E-state index in [1.807, 2.05) is 24.3 Å². The van der Waals surface area contributed by atoms with E-state index in [2.05, 4.69) is 0 Å². The molecule has 2 N–H and O–H groups in total. The van der Waals surface area contributed by atoms with Gasteiger partial charge in [-0.2, -0.15) is 0 Å². The molecule has 7 nitrogen and oxygen atoms in total. The lowest BCUT2D eigenvalue weighted by Crippen LogP contribution is -2.42. The summed E-state index contributed by atoms with van der Waals surface area (Å²) in [4.78, 5) is 27.7. The Hall–Kier alpha value is -4.00. The Balaban J connectivity index is 1.64. The topological polar surface area (TPSA) is 96.3 Å². The number of methoxy groups -OCH3 is 1. The first kappa shape index (κ1) is 19.0. The maximum atomic E-state index is 13.9. The van der Waals surface area contributed by atoms with Crippen molar-refractivity contribution in [2.45, 2.75) is 12.0 Å². The molecule has 1 unspecified atom stereocenters. The van der Waals surface area contributed by atoms with E-state index in [0.29, 0.717) is 28.1 Å². The number of hydrogen-bond donors (Lipinski definition) is 2. The monoisotopic (exact) mass is 417 g/mol. The van der Waals surface area contributed by atoms with Crippen molar-refractivity contribution in [1.82, 2.24) is 0 Å². The molecule has 0 radical (unpaired) electrons. The van der Waals surface area contributed by atoms with Gasteiger partial charge in [0.2, 0.25) is 5.91 Å². The van der Waals surface area contributed by atoms with Gasteiger partial charge in [-0.3, -0.25) is 4.79 Å². The molecule has 31 heavy (non-hydrogen) atoms. The van der Waals surface area contributed by atoms with Gasteiger partial charge in [0, 0.05) is 17.3 Å². The van der Waals surface area contributed by atoms with Gasteiger partial charge in [0.15, 0.2) is 11.5 Å². The molecule has 1 atom stereocenters. The third kappa shape index (κ3) is 2.59. The van der Waals surface area contributed by atoms with Crippen LogP contribution in [-0.2, 0) is 21.5 Å². The number of nitrogens with zero attached hydrogens (tertiary/aromatic N) is 1. The second-order valence-electron chi connectivity index (χ2n) is 7.59. The minimum absolute atomic E-state index is 0.0518. The van der Waals surface area contributed by atoms with E-state index in [-0.39, 0.29) is 30.6 Å². The predicted octanol–water partition coefficient (Wildman–Crippen LogP) is 3.11. The molecule has 2 aliphatic rings. The first-order valence-electron chi connectivity index (χ1n) is 9.74. The Morgan fingerprint density at radius 2 is 1.77 bits per heavy atom. The van der Waals surface area contributed by atoms with Gasteiger partial charge in [-0.25, -0.2) is 4.79 Å². The highest BCUT2D eigenvalue weighted by atomic mass is 16.5. The smallest absolute Gasteiger partial charge is 0.338 e. The van der Waals surface area contributed by atoms with Crippen LogP contribution < -0.4 is 9.64 Å². The lowest BCUT2D eigenvalue weighted by molar-refractivity contribution is -0.122. The van der Waals surface area contributed by atoms with Crippen LogP contribution in [0.5, 0.6) is 17.2 Å². The van der Waals surface area contributed by atoms with Crippen LogP contribution in [0.3, 0.4) is 0 Å². The number of aromatic hydroxyl groups is 2. The highest BCUT2D eigenvalue weighted by Gasteiger charge is 2.57. The van der Waals surface area contributed by atoms with Crippen molar-refractivity contribution < 1.29 is 29.3 Å². The quantitative estimate of drug-likeness (QED) is 0.502. The summed E-state index contributed by atoms with van der Waals surface area (Å²) in [5, 5.41) is 20.0. The number of carbonyl (C=O) groups is 2. The summed E-state index contributed by atoms with van der Waals surface area (Å²) in [7, 11) is 1.32. The van der Waals surface area contributed by atoms with Crippen molar-refractivity contribution in [1.29, 1.82) is 0 Å². The molecule has 156 valence electrons. The number of anilines is 1. The zero-order chi connectivity index (χ0) is 21.8. The number of ether oxygens (including phenoxy) is 2. The molecule has 3 aromatic carbocycles. The Kier molecular flexibility index (Phi) is 4.15. The number of amides is 1. The minimum Gasteiger partial charge on any atom is -0.504 e. The van der Waals surface area contributed by atoms with Crippen LogP contribution in [0, 0.1) is 0 Å². The average Bonchev–Trinajstić information content (AvgIpc) is 3.26. The molecule has 0 saturated carbocycles. The van der Waals surface area contributed by atoms with Gasteiger partial charge >= 0.3 is 5.97 Å². The van der Waals surface area contributed by atoms with Crippen molar-refractivity contribution in [3.05, 3.63) is 82.9 Å². The highest BCUT2D eigenvalue weighted by Crippen LogP contribution is 2.54. The fourth-order valence-electron chi connectivity index (χ4n) is 4.49. The molecule has 1 spiro atoms. The van der Waals surface area contributed by atoms with E-state index >= 15 is 0 Å². The number of carbonyl (C=O) groups excluding carboxylic acids is 2. The molecule has 3 aromatic rings. The SMILES string of the molecule is COC(=O)c1ccccc1CN1C(=O)C2(COc3cc(O)c(O)cc32)c2ccccc21. The predicted molar refractivity (Wildman–Crippen MR) is 111 cm³/mol. The summed E-state index contributed by atoms with van der Waals surface area (Å²) in [5.74, 6) is -0.963. The molecule has 2 heterocycles. The zero-order valence-electron chi connectivity index (χ0n) is 16.7. The molecule has 0 fully saturated rings. The highest BCUT2D eigenvalue weighted by molar-refractivity contribution is 6.11. The normalized spacial score (nSPS) is 18.6. The van der Waals surface area contributed by atoms with E-state index in [1.54, 1.807) is 29.2 Å². The Bertz CT molecular complexity index is 1240.